The second-order valence-electron chi connectivity index (χ2n) is 5.04. The smallest absolute Gasteiger partial charge is 0.407 e. The van der Waals surface area contributed by atoms with Crippen LogP contribution in [0.25, 0.3) is 0 Å². The monoisotopic (exact) mass is 307 g/mol. The van der Waals surface area contributed by atoms with E-state index in [9.17, 15) is 9.59 Å². The number of amides is 1. The van der Waals surface area contributed by atoms with Crippen LogP contribution in [0.3, 0.4) is 0 Å². The maximum absolute atomic E-state index is 12.1. The van der Waals surface area contributed by atoms with Gasteiger partial charge in [0.1, 0.15) is 6.04 Å². The van der Waals surface area contributed by atoms with E-state index in [1.807, 2.05) is 44.2 Å². The fourth-order valence-corrected chi connectivity index (χ4v) is 1.84. The first-order valence-electron chi connectivity index (χ1n) is 7.81. The molecule has 0 aliphatic heterocycles. The van der Waals surface area contributed by atoms with Crippen molar-refractivity contribution in [2.45, 2.75) is 45.6 Å². The molecule has 1 amide bonds. The van der Waals surface area contributed by atoms with Gasteiger partial charge in [-0.05, 0) is 18.4 Å². The van der Waals surface area contributed by atoms with Gasteiger partial charge in [-0.15, -0.1) is 0 Å². The van der Waals surface area contributed by atoms with Gasteiger partial charge in [-0.3, -0.25) is 0 Å². The minimum Gasteiger partial charge on any atom is -0.464 e. The Labute approximate surface area is 132 Å². The molecular weight excluding hydrogens is 282 g/mol. The van der Waals surface area contributed by atoms with Gasteiger partial charge in [0.15, 0.2) is 0 Å². The van der Waals surface area contributed by atoms with E-state index < -0.39 is 18.1 Å². The number of alkyl carbamates (subject to hydrolysis) is 1. The van der Waals surface area contributed by atoms with Crippen LogP contribution in [0.15, 0.2) is 30.3 Å². The molecule has 5 nitrogen and oxygen atoms in total. The highest BCUT2D eigenvalue weighted by Crippen LogP contribution is 2.05. The quantitative estimate of drug-likeness (QED) is 0.562. The number of rotatable bonds is 9. The number of hydrogen-bond acceptors (Lipinski definition) is 4. The minimum absolute atomic E-state index is 0.344. The van der Waals surface area contributed by atoms with Crippen LogP contribution in [0, 0.1) is 0 Å². The molecule has 0 saturated heterocycles. The summed E-state index contributed by atoms with van der Waals surface area (Å²) >= 11 is 0. The van der Waals surface area contributed by atoms with Crippen molar-refractivity contribution in [3.63, 3.8) is 0 Å². The third-order valence-electron chi connectivity index (χ3n) is 3.04. The molecule has 1 aromatic carbocycles. The molecular formula is C17H25NO4. The molecule has 0 radical (unpaired) electrons. The van der Waals surface area contributed by atoms with Crippen molar-refractivity contribution in [2.24, 2.45) is 0 Å². The molecule has 0 saturated carbocycles. The van der Waals surface area contributed by atoms with Gasteiger partial charge in [0, 0.05) is 6.42 Å². The van der Waals surface area contributed by atoms with Crippen molar-refractivity contribution in [1.29, 1.82) is 0 Å². The van der Waals surface area contributed by atoms with Gasteiger partial charge >= 0.3 is 12.1 Å². The van der Waals surface area contributed by atoms with E-state index in [1.165, 1.54) is 0 Å². The Balaban J connectivity index is 2.61. The van der Waals surface area contributed by atoms with Crippen LogP contribution in [0.5, 0.6) is 0 Å². The number of carbonyl (C=O) groups is 2. The third kappa shape index (κ3) is 7.11. The number of carbonyl (C=O) groups excluding carboxylic acids is 2. The van der Waals surface area contributed by atoms with Crippen molar-refractivity contribution < 1.29 is 19.1 Å². The van der Waals surface area contributed by atoms with Gasteiger partial charge < -0.3 is 14.8 Å². The fraction of sp³-hybridized carbons (Fsp3) is 0.529. The van der Waals surface area contributed by atoms with E-state index in [4.69, 9.17) is 9.47 Å². The Bertz CT molecular complexity index is 447. The van der Waals surface area contributed by atoms with E-state index in [-0.39, 0.29) is 0 Å². The first-order valence-corrected chi connectivity index (χ1v) is 7.81. The van der Waals surface area contributed by atoms with Crippen molar-refractivity contribution in [1.82, 2.24) is 5.32 Å². The molecule has 0 fully saturated rings. The largest absolute Gasteiger partial charge is 0.464 e. The molecule has 1 atom stereocenters. The fourth-order valence-electron chi connectivity index (χ4n) is 1.84. The predicted octanol–water partition coefficient (Wildman–Crippen LogP) is 3.08. The number of nitrogens with one attached hydrogen (secondary N) is 1. The highest BCUT2D eigenvalue weighted by atomic mass is 16.6. The standard InChI is InChI=1S/C17H25NO4/c1-3-5-12-22-17(20)18-15(16(19)21-11-4-2)13-14-9-7-6-8-10-14/h6-10,15H,3-5,11-13H2,1-2H3,(H,18,20). The lowest BCUT2D eigenvalue weighted by Gasteiger charge is -2.17. The highest BCUT2D eigenvalue weighted by molar-refractivity contribution is 5.81. The maximum atomic E-state index is 12.1. The minimum atomic E-state index is -0.733. The first kappa shape index (κ1) is 18.0. The molecule has 0 heterocycles. The Morgan fingerprint density at radius 3 is 2.41 bits per heavy atom. The van der Waals surface area contributed by atoms with Crippen LogP contribution in [0.1, 0.15) is 38.7 Å². The SMILES string of the molecule is CCCCOC(=O)NC(Cc1ccccc1)C(=O)OCCC. The summed E-state index contributed by atoms with van der Waals surface area (Å²) in [6.45, 7) is 4.63. The number of unbranched alkanes of at least 4 members (excludes halogenated alkanes) is 1. The zero-order chi connectivity index (χ0) is 16.2. The van der Waals surface area contributed by atoms with Crippen molar-refractivity contribution in [3.05, 3.63) is 35.9 Å². The molecule has 1 N–H and O–H groups in total. The zero-order valence-corrected chi connectivity index (χ0v) is 13.3. The lowest BCUT2D eigenvalue weighted by atomic mass is 10.1. The van der Waals surface area contributed by atoms with E-state index in [1.54, 1.807) is 0 Å². The van der Waals surface area contributed by atoms with Crippen LogP contribution in [0.4, 0.5) is 4.79 Å². The van der Waals surface area contributed by atoms with Crippen LogP contribution in [0.2, 0.25) is 0 Å². The Kier molecular flexibility index (Phi) is 8.72. The number of ether oxygens (including phenoxy) is 2. The molecule has 122 valence electrons. The summed E-state index contributed by atoms with van der Waals surface area (Å²) in [6.07, 6.45) is 2.29. The number of hydrogen-bond donors (Lipinski definition) is 1. The summed E-state index contributed by atoms with van der Waals surface area (Å²) in [6, 6.07) is 8.77. The van der Waals surface area contributed by atoms with Crippen LogP contribution < -0.4 is 5.32 Å². The van der Waals surface area contributed by atoms with E-state index in [2.05, 4.69) is 5.32 Å². The van der Waals surface area contributed by atoms with E-state index >= 15 is 0 Å². The lowest BCUT2D eigenvalue weighted by molar-refractivity contribution is -0.146. The van der Waals surface area contributed by atoms with Crippen LogP contribution in [-0.4, -0.2) is 31.3 Å². The Morgan fingerprint density at radius 2 is 1.77 bits per heavy atom. The van der Waals surface area contributed by atoms with Crippen molar-refractivity contribution in [2.75, 3.05) is 13.2 Å². The summed E-state index contributed by atoms with van der Waals surface area (Å²) in [4.78, 5) is 23.8. The average Bonchev–Trinajstić information content (AvgIpc) is 2.53. The molecule has 5 heteroatoms. The van der Waals surface area contributed by atoms with Crippen molar-refractivity contribution >= 4 is 12.1 Å². The van der Waals surface area contributed by atoms with Crippen molar-refractivity contribution in [3.8, 4) is 0 Å². The van der Waals surface area contributed by atoms with Crippen LogP contribution in [-0.2, 0) is 20.7 Å². The number of benzene rings is 1. The van der Waals surface area contributed by atoms with Gasteiger partial charge in [-0.2, -0.15) is 0 Å². The molecule has 1 unspecified atom stereocenters. The van der Waals surface area contributed by atoms with Gasteiger partial charge in [-0.25, -0.2) is 9.59 Å². The third-order valence-corrected chi connectivity index (χ3v) is 3.04. The summed E-state index contributed by atoms with van der Waals surface area (Å²) in [5, 5.41) is 2.60. The first-order chi connectivity index (χ1) is 10.7. The Morgan fingerprint density at radius 1 is 1.05 bits per heavy atom. The molecule has 22 heavy (non-hydrogen) atoms. The van der Waals surface area contributed by atoms with Gasteiger partial charge in [-0.1, -0.05) is 50.6 Å². The number of esters is 1. The second kappa shape index (κ2) is 10.7. The lowest BCUT2D eigenvalue weighted by Crippen LogP contribution is -2.43. The normalized spacial score (nSPS) is 11.5. The molecule has 0 aromatic heterocycles. The molecule has 1 aromatic rings. The molecule has 0 aliphatic rings. The average molecular weight is 307 g/mol. The molecule has 0 aliphatic carbocycles. The van der Waals surface area contributed by atoms with Gasteiger partial charge in [0.05, 0.1) is 13.2 Å². The van der Waals surface area contributed by atoms with Gasteiger partial charge in [0.25, 0.3) is 0 Å². The topological polar surface area (TPSA) is 64.6 Å². The van der Waals surface area contributed by atoms with Crippen LogP contribution >= 0.6 is 0 Å². The summed E-state index contributed by atoms with van der Waals surface area (Å²) in [7, 11) is 0. The predicted molar refractivity (Wildman–Crippen MR) is 84.6 cm³/mol. The summed E-state index contributed by atoms with van der Waals surface area (Å²) in [5.41, 5.74) is 0.954. The highest BCUT2D eigenvalue weighted by Gasteiger charge is 2.23. The summed E-state index contributed by atoms with van der Waals surface area (Å²) < 4.78 is 10.2. The van der Waals surface area contributed by atoms with E-state index in [0.29, 0.717) is 19.6 Å². The maximum Gasteiger partial charge on any atom is 0.407 e. The Hall–Kier alpha value is -2.04. The second-order valence-corrected chi connectivity index (χ2v) is 5.04. The molecule has 1 rings (SSSR count). The molecule has 0 bridgehead atoms. The van der Waals surface area contributed by atoms with Gasteiger partial charge in [0.2, 0.25) is 0 Å². The van der Waals surface area contributed by atoms with E-state index in [0.717, 1.165) is 24.8 Å². The zero-order valence-electron chi connectivity index (χ0n) is 13.3. The molecule has 0 spiro atoms. The summed E-state index contributed by atoms with van der Waals surface area (Å²) in [5.74, 6) is -0.432.